The molecule has 3 saturated carbocycles. The number of aliphatic carboxylic acids is 1. The first-order valence-corrected chi connectivity index (χ1v) is 10.8. The molecule has 27 heavy (non-hydrogen) atoms. The molecule has 0 radical (unpaired) electrons. The molecular weight excluding hydrogens is 340 g/mol. The molecule has 0 aromatic heterocycles. The number of allylic oxidation sites excluding steroid dienone is 2. The fourth-order valence-corrected chi connectivity index (χ4v) is 6.20. The normalized spacial score (nSPS) is 39.9. The molecule has 3 aliphatic carbocycles. The van der Waals surface area contributed by atoms with Gasteiger partial charge in [0.25, 0.3) is 0 Å². The fraction of sp³-hybridized carbons (Fsp3) is 0.783. The van der Waals surface area contributed by atoms with Crippen LogP contribution in [0.3, 0.4) is 0 Å². The zero-order chi connectivity index (χ0) is 19.6. The highest BCUT2D eigenvalue weighted by atomic mass is 16.4. The third kappa shape index (κ3) is 4.17. The highest BCUT2D eigenvalue weighted by molar-refractivity contribution is 5.66. The maximum atomic E-state index is 10.8. The van der Waals surface area contributed by atoms with Crippen molar-refractivity contribution < 1.29 is 20.1 Å². The van der Waals surface area contributed by atoms with E-state index in [1.807, 2.05) is 6.08 Å². The van der Waals surface area contributed by atoms with Crippen LogP contribution in [0.25, 0.3) is 0 Å². The number of carboxylic acid groups (broad SMARTS) is 1. The number of carbonyl (C=O) groups is 1. The van der Waals surface area contributed by atoms with Gasteiger partial charge in [0.2, 0.25) is 0 Å². The molecular formula is C23H36O4. The largest absolute Gasteiger partial charge is 0.481 e. The first kappa shape index (κ1) is 20.6. The Morgan fingerprint density at radius 1 is 1.26 bits per heavy atom. The van der Waals surface area contributed by atoms with Crippen molar-refractivity contribution in [2.45, 2.75) is 83.8 Å². The number of rotatable bonds is 6. The van der Waals surface area contributed by atoms with Gasteiger partial charge in [0.15, 0.2) is 0 Å². The summed E-state index contributed by atoms with van der Waals surface area (Å²) in [5.41, 5.74) is 1.42. The van der Waals surface area contributed by atoms with E-state index in [1.54, 1.807) is 0 Å². The van der Waals surface area contributed by atoms with Crippen LogP contribution in [-0.2, 0) is 4.79 Å². The number of carboxylic acids is 1. The van der Waals surface area contributed by atoms with Crippen molar-refractivity contribution >= 4 is 5.97 Å². The molecule has 3 N–H and O–H groups in total. The van der Waals surface area contributed by atoms with Crippen molar-refractivity contribution in [3.05, 3.63) is 23.8 Å². The van der Waals surface area contributed by atoms with Gasteiger partial charge in [0.05, 0.1) is 12.2 Å². The summed E-state index contributed by atoms with van der Waals surface area (Å²) in [6.45, 7) is 4.48. The Morgan fingerprint density at radius 3 is 2.63 bits per heavy atom. The molecule has 152 valence electrons. The van der Waals surface area contributed by atoms with E-state index >= 15 is 0 Å². The average Bonchev–Trinajstić information content (AvgIpc) is 2.65. The topological polar surface area (TPSA) is 77.8 Å². The maximum absolute atomic E-state index is 10.8. The van der Waals surface area contributed by atoms with Gasteiger partial charge in [-0.3, -0.25) is 4.79 Å². The van der Waals surface area contributed by atoms with Crippen LogP contribution in [0.5, 0.6) is 0 Å². The van der Waals surface area contributed by atoms with Crippen LogP contribution < -0.4 is 0 Å². The number of fused-ring (bicyclic) bond motifs is 1. The molecule has 0 saturated heterocycles. The van der Waals surface area contributed by atoms with Crippen molar-refractivity contribution in [3.63, 3.8) is 0 Å². The lowest BCUT2D eigenvalue weighted by Crippen LogP contribution is -2.56. The highest BCUT2D eigenvalue weighted by Gasteiger charge is 2.58. The molecule has 4 nitrogen and oxygen atoms in total. The maximum Gasteiger partial charge on any atom is 0.303 e. The van der Waals surface area contributed by atoms with Crippen molar-refractivity contribution in [2.24, 2.45) is 29.1 Å². The Labute approximate surface area is 163 Å². The summed E-state index contributed by atoms with van der Waals surface area (Å²) in [6.07, 6.45) is 13.8. The summed E-state index contributed by atoms with van der Waals surface area (Å²) in [6, 6.07) is 0. The van der Waals surface area contributed by atoms with E-state index in [0.29, 0.717) is 24.2 Å². The van der Waals surface area contributed by atoms with Gasteiger partial charge >= 0.3 is 5.97 Å². The van der Waals surface area contributed by atoms with Gasteiger partial charge < -0.3 is 15.3 Å². The van der Waals surface area contributed by atoms with E-state index in [2.05, 4.69) is 26.0 Å². The summed E-state index contributed by atoms with van der Waals surface area (Å²) in [5, 5.41) is 30.1. The molecule has 3 aliphatic rings. The van der Waals surface area contributed by atoms with Gasteiger partial charge in [-0.1, -0.05) is 56.9 Å². The predicted molar refractivity (Wildman–Crippen MR) is 106 cm³/mol. The molecule has 0 bridgehead atoms. The van der Waals surface area contributed by atoms with Gasteiger partial charge in [-0.15, -0.1) is 0 Å². The molecule has 4 heteroatoms. The van der Waals surface area contributed by atoms with Crippen LogP contribution >= 0.6 is 0 Å². The van der Waals surface area contributed by atoms with Gasteiger partial charge in [-0.25, -0.2) is 0 Å². The summed E-state index contributed by atoms with van der Waals surface area (Å²) in [5.74, 6) is 0.422. The Balaban J connectivity index is 1.69. The van der Waals surface area contributed by atoms with Gasteiger partial charge in [-0.2, -0.15) is 0 Å². The second-order valence-electron chi connectivity index (χ2n) is 9.28. The van der Waals surface area contributed by atoms with Crippen molar-refractivity contribution in [1.82, 2.24) is 0 Å². The molecule has 0 aromatic carbocycles. The first-order valence-electron chi connectivity index (χ1n) is 10.8. The van der Waals surface area contributed by atoms with Gasteiger partial charge in [0.1, 0.15) is 0 Å². The summed E-state index contributed by atoms with van der Waals surface area (Å²) in [4.78, 5) is 10.8. The standard InChI is InChI=1S/C23H36O4/c1-15-18(9-6-10-21(26)27)23(2)14-13-20(25)17(22(15)23)11-12-19(24)16-7-4-3-5-8-16/h9,11-12,15-17,19-20,22,24-25H,3-8,10,13-14H2,1-2H3,(H,26,27)/t15?,17-,19?,20+,22+,23+/m1/s1. The first-order chi connectivity index (χ1) is 12.8. The minimum atomic E-state index is -0.753. The van der Waals surface area contributed by atoms with Crippen LogP contribution in [0, 0.1) is 29.1 Å². The molecule has 2 unspecified atom stereocenters. The van der Waals surface area contributed by atoms with Crippen LogP contribution in [0.4, 0.5) is 0 Å². The average molecular weight is 377 g/mol. The monoisotopic (exact) mass is 376 g/mol. The summed E-state index contributed by atoms with van der Waals surface area (Å²) < 4.78 is 0. The Hall–Kier alpha value is -1.13. The van der Waals surface area contributed by atoms with E-state index in [4.69, 9.17) is 5.11 Å². The Bertz CT molecular complexity index is 589. The summed E-state index contributed by atoms with van der Waals surface area (Å²) >= 11 is 0. The zero-order valence-corrected chi connectivity index (χ0v) is 16.8. The van der Waals surface area contributed by atoms with Gasteiger partial charge in [0, 0.05) is 12.3 Å². The minimum absolute atomic E-state index is 0.0575. The second kappa shape index (κ2) is 8.48. The lowest BCUT2D eigenvalue weighted by Gasteiger charge is -2.62. The Morgan fingerprint density at radius 2 is 1.96 bits per heavy atom. The quantitative estimate of drug-likeness (QED) is 0.603. The number of hydrogen-bond acceptors (Lipinski definition) is 3. The van der Waals surface area contributed by atoms with Crippen LogP contribution in [0.2, 0.25) is 0 Å². The smallest absolute Gasteiger partial charge is 0.303 e. The van der Waals surface area contributed by atoms with Crippen LogP contribution in [-0.4, -0.2) is 33.5 Å². The molecule has 0 aliphatic heterocycles. The zero-order valence-electron chi connectivity index (χ0n) is 16.8. The third-order valence-corrected chi connectivity index (χ3v) is 7.63. The molecule has 3 fully saturated rings. The molecule has 0 spiro atoms. The highest BCUT2D eigenvalue weighted by Crippen LogP contribution is 2.64. The lowest BCUT2D eigenvalue weighted by molar-refractivity contribution is -0.136. The number of aliphatic hydroxyl groups excluding tert-OH is 2. The van der Waals surface area contributed by atoms with E-state index in [-0.39, 0.29) is 23.9 Å². The van der Waals surface area contributed by atoms with Crippen molar-refractivity contribution in [1.29, 1.82) is 0 Å². The van der Waals surface area contributed by atoms with Crippen LogP contribution in [0.15, 0.2) is 23.8 Å². The minimum Gasteiger partial charge on any atom is -0.481 e. The molecule has 6 atom stereocenters. The van der Waals surface area contributed by atoms with E-state index in [0.717, 1.165) is 25.7 Å². The second-order valence-corrected chi connectivity index (χ2v) is 9.28. The van der Waals surface area contributed by atoms with E-state index in [1.165, 1.54) is 24.8 Å². The summed E-state index contributed by atoms with van der Waals surface area (Å²) in [7, 11) is 0. The predicted octanol–water partition coefficient (Wildman–Crippen LogP) is 4.32. The molecule has 0 heterocycles. The SMILES string of the molecule is CC1C(=CCCC(=O)O)[C@]2(C)CC[C@H](O)[C@@H](C=CC(O)C3CCCCC3)[C@H]12. The van der Waals surface area contributed by atoms with Crippen LogP contribution in [0.1, 0.15) is 71.6 Å². The molecule has 0 amide bonds. The number of aliphatic hydroxyl groups is 2. The molecule has 3 rings (SSSR count). The Kier molecular flexibility index (Phi) is 6.47. The lowest BCUT2D eigenvalue weighted by atomic mass is 9.43. The van der Waals surface area contributed by atoms with E-state index < -0.39 is 12.1 Å². The van der Waals surface area contributed by atoms with Gasteiger partial charge in [-0.05, 0) is 55.3 Å². The van der Waals surface area contributed by atoms with E-state index in [9.17, 15) is 15.0 Å². The van der Waals surface area contributed by atoms with Crippen molar-refractivity contribution in [2.75, 3.05) is 0 Å². The fourth-order valence-electron chi connectivity index (χ4n) is 6.20. The van der Waals surface area contributed by atoms with Crippen molar-refractivity contribution in [3.8, 4) is 0 Å². The number of hydrogen-bond donors (Lipinski definition) is 3. The third-order valence-electron chi connectivity index (χ3n) is 7.63. The molecule has 0 aromatic rings.